The smallest absolute Gasteiger partial charge is 0.354 e. The molecule has 1 spiro atoms. The second kappa shape index (κ2) is 10.1. The molecule has 0 amide bonds. The molecule has 0 saturated heterocycles. The van der Waals surface area contributed by atoms with Crippen LogP contribution in [0.5, 0.6) is 11.5 Å². The van der Waals surface area contributed by atoms with E-state index >= 15 is 0 Å². The van der Waals surface area contributed by atoms with E-state index in [2.05, 4.69) is 5.16 Å². The minimum atomic E-state index is -1.30. The van der Waals surface area contributed by atoms with Gasteiger partial charge in [-0.1, -0.05) is 90.1 Å². The van der Waals surface area contributed by atoms with Crippen molar-refractivity contribution < 1.29 is 19.1 Å². The highest BCUT2D eigenvalue weighted by molar-refractivity contribution is 6.32. The zero-order valence-electron chi connectivity index (χ0n) is 21.6. The first-order valence-electron chi connectivity index (χ1n) is 12.6. The van der Waals surface area contributed by atoms with Crippen LogP contribution < -0.4 is 9.47 Å². The Bertz CT molecular complexity index is 1590. The number of rotatable bonds is 6. The van der Waals surface area contributed by atoms with Crippen molar-refractivity contribution in [1.29, 1.82) is 0 Å². The summed E-state index contributed by atoms with van der Waals surface area (Å²) in [6.45, 7) is 0. The second-order valence-corrected chi connectivity index (χ2v) is 9.34. The normalized spacial score (nSPS) is 21.0. The molecule has 6 heteroatoms. The van der Waals surface area contributed by atoms with Crippen LogP contribution in [0.4, 0.5) is 0 Å². The molecular formula is C33H26N2O4. The molecule has 0 aliphatic carbocycles. The van der Waals surface area contributed by atoms with Gasteiger partial charge < -0.3 is 14.3 Å². The molecule has 0 radical (unpaired) electrons. The summed E-state index contributed by atoms with van der Waals surface area (Å²) in [5, 5.41) is 4.39. The fraction of sp³-hybridized carbons (Fsp3) is 0.121. The summed E-state index contributed by atoms with van der Waals surface area (Å²) in [5.74, 6) is 1.01. The highest BCUT2D eigenvalue weighted by Gasteiger charge is 2.63. The fourth-order valence-electron chi connectivity index (χ4n) is 5.30. The number of hydrogen-bond acceptors (Lipinski definition) is 6. The molecule has 2 aliphatic rings. The molecule has 0 unspecified atom stereocenters. The summed E-state index contributed by atoms with van der Waals surface area (Å²) < 4.78 is 10.8. The van der Waals surface area contributed by atoms with Gasteiger partial charge in [0.2, 0.25) is 0 Å². The van der Waals surface area contributed by atoms with E-state index in [1.54, 1.807) is 14.2 Å². The van der Waals surface area contributed by atoms with E-state index < -0.39 is 17.4 Å². The first kappa shape index (κ1) is 24.4. The fourth-order valence-corrected chi connectivity index (χ4v) is 5.30. The van der Waals surface area contributed by atoms with Gasteiger partial charge in [0.05, 0.1) is 19.9 Å². The monoisotopic (exact) mass is 514 g/mol. The Kier molecular flexibility index (Phi) is 6.29. The van der Waals surface area contributed by atoms with E-state index in [-0.39, 0.29) is 0 Å². The topological polar surface area (TPSA) is 69.5 Å². The van der Waals surface area contributed by atoms with Crippen LogP contribution in [0.15, 0.2) is 125 Å². The first-order chi connectivity index (χ1) is 19.1. The number of methoxy groups -OCH3 is 2. The summed E-state index contributed by atoms with van der Waals surface area (Å²) in [6.07, 6.45) is 2.01. The number of hydrogen-bond donors (Lipinski definition) is 0. The maximum Gasteiger partial charge on any atom is 0.354 e. The van der Waals surface area contributed by atoms with Crippen molar-refractivity contribution in [3.63, 3.8) is 0 Å². The van der Waals surface area contributed by atoms with Gasteiger partial charge in [0.15, 0.2) is 5.41 Å². The van der Waals surface area contributed by atoms with Crippen molar-refractivity contribution in [2.75, 3.05) is 14.2 Å². The Balaban J connectivity index is 1.64. The Labute approximate surface area is 226 Å². The number of benzene rings is 4. The van der Waals surface area contributed by atoms with Gasteiger partial charge >= 0.3 is 5.97 Å². The molecule has 2 aliphatic heterocycles. The van der Waals surface area contributed by atoms with Gasteiger partial charge in [-0.2, -0.15) is 0 Å². The van der Waals surface area contributed by atoms with Crippen LogP contribution in [0.1, 0.15) is 28.3 Å². The average molecular weight is 515 g/mol. The Morgan fingerprint density at radius 2 is 1.31 bits per heavy atom. The predicted molar refractivity (Wildman–Crippen MR) is 151 cm³/mol. The molecule has 39 heavy (non-hydrogen) atoms. The highest BCUT2D eigenvalue weighted by atomic mass is 16.7. The lowest BCUT2D eigenvalue weighted by molar-refractivity contribution is -0.147. The van der Waals surface area contributed by atoms with Crippen molar-refractivity contribution >= 4 is 23.5 Å². The van der Waals surface area contributed by atoms with E-state index in [0.29, 0.717) is 5.71 Å². The van der Waals surface area contributed by atoms with Crippen LogP contribution in [-0.2, 0) is 9.63 Å². The molecule has 0 saturated carbocycles. The van der Waals surface area contributed by atoms with Crippen molar-refractivity contribution in [2.45, 2.75) is 6.04 Å². The Morgan fingerprint density at radius 1 is 0.744 bits per heavy atom. The quantitative estimate of drug-likeness (QED) is 0.284. The summed E-state index contributed by atoms with van der Waals surface area (Å²) in [6, 6.07) is 34.3. The molecule has 6 rings (SSSR count). The SMILES string of the molecule is COc1ccc(/C=C2/C(c3ccccc3)=N[C@H](c3ccc(OC)cc3)[C@]23C(=O)ON=C3c2ccccc2)cc1. The van der Waals surface area contributed by atoms with E-state index in [9.17, 15) is 4.79 Å². The molecule has 0 N–H and O–H groups in total. The molecule has 0 aromatic heterocycles. The van der Waals surface area contributed by atoms with Crippen LogP contribution in [0.2, 0.25) is 0 Å². The zero-order valence-corrected chi connectivity index (χ0v) is 21.6. The zero-order chi connectivity index (χ0) is 26.8. The largest absolute Gasteiger partial charge is 0.497 e. The Morgan fingerprint density at radius 3 is 1.90 bits per heavy atom. The third-order valence-corrected chi connectivity index (χ3v) is 7.22. The minimum Gasteiger partial charge on any atom is -0.497 e. The number of aliphatic imine (C=N–C) groups is 1. The number of oxime groups is 1. The number of carbonyl (C=O) groups is 1. The summed E-state index contributed by atoms with van der Waals surface area (Å²) in [5.41, 5.74) is 4.12. The van der Waals surface area contributed by atoms with E-state index in [1.165, 1.54) is 0 Å². The first-order valence-corrected chi connectivity index (χ1v) is 12.6. The van der Waals surface area contributed by atoms with Gasteiger partial charge in [0, 0.05) is 16.7 Å². The van der Waals surface area contributed by atoms with Crippen molar-refractivity contribution in [3.05, 3.63) is 137 Å². The van der Waals surface area contributed by atoms with Gasteiger partial charge in [-0.3, -0.25) is 4.99 Å². The lowest BCUT2D eigenvalue weighted by atomic mass is 9.67. The molecule has 4 aromatic carbocycles. The molecule has 0 bridgehead atoms. The molecule has 4 aromatic rings. The Hall–Kier alpha value is -4.97. The number of ether oxygens (including phenoxy) is 2. The number of nitrogens with zero attached hydrogens (tertiary/aromatic N) is 2. The molecule has 192 valence electrons. The lowest BCUT2D eigenvalue weighted by Crippen LogP contribution is -2.41. The van der Waals surface area contributed by atoms with Crippen molar-refractivity contribution in [2.24, 2.45) is 15.6 Å². The summed E-state index contributed by atoms with van der Waals surface area (Å²) in [4.78, 5) is 24.9. The van der Waals surface area contributed by atoms with Gasteiger partial charge in [-0.25, -0.2) is 4.79 Å². The van der Waals surface area contributed by atoms with E-state index in [1.807, 2.05) is 115 Å². The van der Waals surface area contributed by atoms with Crippen LogP contribution >= 0.6 is 0 Å². The highest BCUT2D eigenvalue weighted by Crippen LogP contribution is 2.55. The van der Waals surface area contributed by atoms with Crippen LogP contribution in [-0.4, -0.2) is 31.6 Å². The molecule has 2 heterocycles. The van der Waals surface area contributed by atoms with Crippen molar-refractivity contribution in [1.82, 2.24) is 0 Å². The van der Waals surface area contributed by atoms with Gasteiger partial charge in [0.1, 0.15) is 23.3 Å². The van der Waals surface area contributed by atoms with Gasteiger partial charge in [0.25, 0.3) is 0 Å². The van der Waals surface area contributed by atoms with Crippen molar-refractivity contribution in [3.8, 4) is 11.5 Å². The molecular weight excluding hydrogens is 488 g/mol. The van der Waals surface area contributed by atoms with Gasteiger partial charge in [-0.05, 0) is 41.5 Å². The standard InChI is InChI=1S/C33H26N2O4/c1-37-26-17-13-22(14-18-26)21-28-29(23-9-5-3-6-10-23)34-30(25-15-19-27(38-2)20-16-25)33(28)31(35-39-32(33)36)24-11-7-4-8-12-24/h3-21,30H,1-2H3/b28-21-/t30-,33-/m1/s1. The average Bonchev–Trinajstić information content (AvgIpc) is 3.52. The molecule has 0 fully saturated rings. The maximum atomic E-state index is 14.1. The third kappa shape index (κ3) is 4.10. The molecule has 6 nitrogen and oxygen atoms in total. The van der Waals surface area contributed by atoms with Gasteiger partial charge in [-0.15, -0.1) is 0 Å². The lowest BCUT2D eigenvalue weighted by Gasteiger charge is -2.29. The molecule has 2 atom stereocenters. The number of carbonyl (C=O) groups excluding carboxylic acids is 1. The second-order valence-electron chi connectivity index (χ2n) is 9.34. The summed E-state index contributed by atoms with van der Waals surface area (Å²) in [7, 11) is 3.26. The van der Waals surface area contributed by atoms with Crippen LogP contribution in [0.25, 0.3) is 6.08 Å². The van der Waals surface area contributed by atoms with Crippen LogP contribution in [0.3, 0.4) is 0 Å². The summed E-state index contributed by atoms with van der Waals surface area (Å²) >= 11 is 0. The van der Waals surface area contributed by atoms with E-state index in [0.717, 1.165) is 45.0 Å². The van der Waals surface area contributed by atoms with Crippen LogP contribution in [0, 0.1) is 5.41 Å². The minimum absolute atomic E-state index is 0.461. The maximum absolute atomic E-state index is 14.1. The van der Waals surface area contributed by atoms with E-state index in [4.69, 9.17) is 19.3 Å². The third-order valence-electron chi connectivity index (χ3n) is 7.22. The predicted octanol–water partition coefficient (Wildman–Crippen LogP) is 6.28.